The summed E-state index contributed by atoms with van der Waals surface area (Å²) in [5, 5.41) is -0.440. The third-order valence-electron chi connectivity index (χ3n) is 1.87. The number of nitrogens with zero attached hydrogens (tertiary/aromatic N) is 2. The molecule has 0 unspecified atom stereocenters. The van der Waals surface area contributed by atoms with Crippen molar-refractivity contribution in [2.24, 2.45) is 5.73 Å². The van der Waals surface area contributed by atoms with Crippen LogP contribution in [0.15, 0.2) is 17.6 Å². The molecular weight excluding hydrogens is 258 g/mol. The number of nitrogens with two attached hydrogens (primary N) is 1. The lowest BCUT2D eigenvalue weighted by atomic mass is 10.2. The second-order valence-corrected chi connectivity index (χ2v) is 5.26. The van der Waals surface area contributed by atoms with E-state index in [-0.39, 0.29) is 5.69 Å². The van der Waals surface area contributed by atoms with Gasteiger partial charge in [0.15, 0.2) is 0 Å². The van der Waals surface area contributed by atoms with Gasteiger partial charge in [0.25, 0.3) is 5.91 Å². The van der Waals surface area contributed by atoms with Crippen molar-refractivity contribution >= 4 is 21.8 Å². The lowest BCUT2D eigenvalue weighted by Gasteiger charge is -2.03. The Morgan fingerprint density at radius 2 is 2.22 bits per heavy atom. The van der Waals surface area contributed by atoms with Crippen molar-refractivity contribution in [2.75, 3.05) is 12.9 Å². The Balaban J connectivity index is 3.25. The maximum atomic E-state index is 11.3. The molecule has 98 valence electrons. The van der Waals surface area contributed by atoms with Crippen molar-refractivity contribution in [3.05, 3.63) is 23.7 Å². The van der Waals surface area contributed by atoms with Gasteiger partial charge in [-0.1, -0.05) is 0 Å². The highest BCUT2D eigenvalue weighted by Crippen LogP contribution is 2.10. The minimum absolute atomic E-state index is 0.165. The second-order valence-electron chi connectivity index (χ2n) is 3.35. The summed E-state index contributed by atoms with van der Waals surface area (Å²) in [5.41, 5.74) is 5.26. The number of rotatable bonds is 5. The number of carbonyl (C=O) groups is 1. The molecule has 0 saturated heterocycles. The van der Waals surface area contributed by atoms with Gasteiger partial charge in [0.05, 0.1) is 12.9 Å². The standard InChI is InChI=1S/C10H13N3O4S/c1-3-17-5-4-7-6-12-10(18(2,15)16)13-8(7)9(11)14/h4-6H,3H2,1-2H3,(H2,11,14)/b5-4+. The van der Waals surface area contributed by atoms with Gasteiger partial charge in [-0.2, -0.15) is 0 Å². The number of hydrogen-bond acceptors (Lipinski definition) is 6. The highest BCUT2D eigenvalue weighted by atomic mass is 32.2. The fourth-order valence-corrected chi connectivity index (χ4v) is 1.59. The van der Waals surface area contributed by atoms with E-state index in [0.29, 0.717) is 12.2 Å². The molecule has 0 aliphatic rings. The summed E-state index contributed by atoms with van der Waals surface area (Å²) >= 11 is 0. The zero-order valence-corrected chi connectivity index (χ0v) is 10.8. The molecule has 1 heterocycles. The molecule has 0 bridgehead atoms. The molecule has 0 fully saturated rings. The maximum Gasteiger partial charge on any atom is 0.268 e. The number of sulfone groups is 1. The normalized spacial score (nSPS) is 11.7. The van der Waals surface area contributed by atoms with Crippen molar-refractivity contribution in [1.82, 2.24) is 9.97 Å². The molecule has 1 amide bonds. The first-order valence-corrected chi connectivity index (χ1v) is 6.90. The van der Waals surface area contributed by atoms with E-state index in [0.717, 1.165) is 6.26 Å². The average Bonchev–Trinajstić information content (AvgIpc) is 2.28. The first-order valence-electron chi connectivity index (χ1n) is 5.01. The molecule has 0 saturated carbocycles. The van der Waals surface area contributed by atoms with Crippen LogP contribution in [0, 0.1) is 0 Å². The largest absolute Gasteiger partial charge is 0.501 e. The van der Waals surface area contributed by atoms with Gasteiger partial charge < -0.3 is 10.5 Å². The van der Waals surface area contributed by atoms with Crippen LogP contribution in [0.3, 0.4) is 0 Å². The highest BCUT2D eigenvalue weighted by molar-refractivity contribution is 7.90. The Morgan fingerprint density at radius 1 is 1.56 bits per heavy atom. The van der Waals surface area contributed by atoms with Gasteiger partial charge in [-0.3, -0.25) is 4.79 Å². The summed E-state index contributed by atoms with van der Waals surface area (Å²) in [6, 6.07) is 0. The summed E-state index contributed by atoms with van der Waals surface area (Å²) in [5.74, 6) is -0.835. The number of aromatic nitrogens is 2. The van der Waals surface area contributed by atoms with Crippen molar-refractivity contribution in [1.29, 1.82) is 0 Å². The van der Waals surface area contributed by atoms with Crippen LogP contribution in [0.2, 0.25) is 0 Å². The molecule has 7 nitrogen and oxygen atoms in total. The summed E-state index contributed by atoms with van der Waals surface area (Å²) in [6.45, 7) is 2.26. The molecule has 8 heteroatoms. The molecule has 18 heavy (non-hydrogen) atoms. The van der Waals surface area contributed by atoms with Crippen molar-refractivity contribution < 1.29 is 17.9 Å². The van der Waals surface area contributed by atoms with Gasteiger partial charge in [0.2, 0.25) is 15.0 Å². The Bertz CT molecular complexity index is 581. The molecule has 0 aromatic carbocycles. The topological polar surface area (TPSA) is 112 Å². The third kappa shape index (κ3) is 3.52. The van der Waals surface area contributed by atoms with Gasteiger partial charge >= 0.3 is 0 Å². The Hall–Kier alpha value is -1.96. The smallest absolute Gasteiger partial charge is 0.268 e. The molecular formula is C10H13N3O4S. The van der Waals surface area contributed by atoms with E-state index in [1.54, 1.807) is 6.92 Å². The van der Waals surface area contributed by atoms with Crippen molar-refractivity contribution in [3.63, 3.8) is 0 Å². The molecule has 2 N–H and O–H groups in total. The summed E-state index contributed by atoms with van der Waals surface area (Å²) in [4.78, 5) is 18.5. The molecule has 1 aromatic heterocycles. The van der Waals surface area contributed by atoms with E-state index in [2.05, 4.69) is 9.97 Å². The van der Waals surface area contributed by atoms with E-state index in [4.69, 9.17) is 10.5 Å². The zero-order valence-electron chi connectivity index (χ0n) is 9.95. The van der Waals surface area contributed by atoms with Crippen LogP contribution in [0.1, 0.15) is 23.0 Å². The van der Waals surface area contributed by atoms with Crippen LogP contribution >= 0.6 is 0 Å². The predicted molar refractivity (Wildman–Crippen MR) is 64.3 cm³/mol. The van der Waals surface area contributed by atoms with Crippen LogP contribution < -0.4 is 5.73 Å². The number of hydrogen-bond donors (Lipinski definition) is 1. The summed E-state index contributed by atoms with van der Waals surface area (Å²) < 4.78 is 27.5. The van der Waals surface area contributed by atoms with Gasteiger partial charge in [-0.25, -0.2) is 18.4 Å². The molecule has 0 aliphatic carbocycles. The van der Waals surface area contributed by atoms with Crippen LogP contribution in [-0.2, 0) is 14.6 Å². The Morgan fingerprint density at radius 3 is 2.72 bits per heavy atom. The lowest BCUT2D eigenvalue weighted by Crippen LogP contribution is -2.18. The third-order valence-corrected chi connectivity index (χ3v) is 2.73. The predicted octanol–water partition coefficient (Wildman–Crippen LogP) is -0.0138. The lowest BCUT2D eigenvalue weighted by molar-refractivity contribution is 0.0994. The van der Waals surface area contributed by atoms with Crippen LogP contribution in [0.25, 0.3) is 6.08 Å². The highest BCUT2D eigenvalue weighted by Gasteiger charge is 2.16. The second kappa shape index (κ2) is 5.58. The molecule has 0 radical (unpaired) electrons. The fourth-order valence-electron chi connectivity index (χ4n) is 1.09. The first-order chi connectivity index (χ1) is 8.36. The molecule has 1 rings (SSSR count). The minimum Gasteiger partial charge on any atom is -0.501 e. The fraction of sp³-hybridized carbons (Fsp3) is 0.300. The van der Waals surface area contributed by atoms with E-state index >= 15 is 0 Å². The van der Waals surface area contributed by atoms with Crippen molar-refractivity contribution in [3.8, 4) is 0 Å². The SMILES string of the molecule is CCO/C=C/c1cnc(S(C)(=O)=O)nc1C(N)=O. The van der Waals surface area contributed by atoms with E-state index in [9.17, 15) is 13.2 Å². The van der Waals surface area contributed by atoms with Crippen molar-refractivity contribution in [2.45, 2.75) is 12.1 Å². The summed E-state index contributed by atoms with van der Waals surface area (Å²) in [6.07, 6.45) is 4.95. The van der Waals surface area contributed by atoms with Gasteiger partial charge in [-0.05, 0) is 13.0 Å². The van der Waals surface area contributed by atoms with E-state index < -0.39 is 20.9 Å². The van der Waals surface area contributed by atoms with E-state index in [1.807, 2.05) is 0 Å². The van der Waals surface area contributed by atoms with Crippen LogP contribution in [-0.4, -0.2) is 37.2 Å². The van der Waals surface area contributed by atoms with E-state index in [1.165, 1.54) is 18.5 Å². The molecule has 1 aromatic rings. The Kier molecular flexibility index (Phi) is 4.38. The Labute approximate surface area is 105 Å². The number of ether oxygens (including phenoxy) is 1. The van der Waals surface area contributed by atoms with Gasteiger partial charge in [-0.15, -0.1) is 0 Å². The monoisotopic (exact) mass is 271 g/mol. The average molecular weight is 271 g/mol. The molecule has 0 atom stereocenters. The minimum atomic E-state index is -3.59. The molecule has 0 spiro atoms. The van der Waals surface area contributed by atoms with Crippen LogP contribution in [0.4, 0.5) is 0 Å². The first kappa shape index (κ1) is 14.1. The maximum absolute atomic E-state index is 11.3. The molecule has 0 aliphatic heterocycles. The van der Waals surface area contributed by atoms with Gasteiger partial charge in [0, 0.05) is 18.0 Å². The zero-order chi connectivity index (χ0) is 13.8. The number of carbonyl (C=O) groups excluding carboxylic acids is 1. The number of amides is 1. The van der Waals surface area contributed by atoms with Crippen LogP contribution in [0.5, 0.6) is 0 Å². The number of primary amides is 1. The quantitative estimate of drug-likeness (QED) is 0.595. The van der Waals surface area contributed by atoms with Gasteiger partial charge in [0.1, 0.15) is 5.69 Å². The summed E-state index contributed by atoms with van der Waals surface area (Å²) in [7, 11) is -3.59.